The Labute approximate surface area is 151 Å². The van der Waals surface area contributed by atoms with Crippen molar-refractivity contribution in [3.8, 4) is 0 Å². The Morgan fingerprint density at radius 2 is 1.75 bits per heavy atom. The van der Waals surface area contributed by atoms with E-state index in [1.807, 2.05) is 7.11 Å². The van der Waals surface area contributed by atoms with Gasteiger partial charge in [-0.05, 0) is 35.4 Å². The van der Waals surface area contributed by atoms with E-state index in [1.165, 1.54) is 24.9 Å². The van der Waals surface area contributed by atoms with Gasteiger partial charge in [-0.2, -0.15) is 0 Å². The van der Waals surface area contributed by atoms with Crippen LogP contribution < -0.4 is 0 Å². The molecule has 3 atom stereocenters. The van der Waals surface area contributed by atoms with Gasteiger partial charge in [0.1, 0.15) is 0 Å². The number of halogens is 1. The fourth-order valence-corrected chi connectivity index (χ4v) is 4.41. The van der Waals surface area contributed by atoms with Crippen LogP contribution in [-0.2, 0) is 11.2 Å². The molecule has 3 heteroatoms. The Morgan fingerprint density at radius 1 is 1.00 bits per heavy atom. The number of likely N-dealkylation sites (tertiary alicyclic amines) is 1. The van der Waals surface area contributed by atoms with Gasteiger partial charge in [0, 0.05) is 32.7 Å². The molecule has 128 valence electrons. The monoisotopic (exact) mass is 343 g/mol. The third kappa shape index (κ3) is 3.37. The topological polar surface area (TPSA) is 12.5 Å². The Hall–Kier alpha value is -1.35. The highest BCUT2D eigenvalue weighted by Crippen LogP contribution is 2.36. The SMILES string of the molecule is COC1CN(CC2CCc3ccccc32)CC1c1ccccc1.Cl. The molecule has 0 bridgehead atoms. The molecule has 2 aliphatic rings. The van der Waals surface area contributed by atoms with Crippen molar-refractivity contribution in [2.45, 2.75) is 30.8 Å². The lowest BCUT2D eigenvalue weighted by atomic mass is 9.96. The highest BCUT2D eigenvalue weighted by molar-refractivity contribution is 5.85. The summed E-state index contributed by atoms with van der Waals surface area (Å²) in [5.74, 6) is 1.19. The van der Waals surface area contributed by atoms with Gasteiger partial charge in [-0.1, -0.05) is 54.6 Å². The molecule has 1 aliphatic heterocycles. The van der Waals surface area contributed by atoms with E-state index in [-0.39, 0.29) is 12.4 Å². The molecule has 0 radical (unpaired) electrons. The molecule has 1 heterocycles. The second-order valence-corrected chi connectivity index (χ2v) is 6.94. The van der Waals surface area contributed by atoms with E-state index in [4.69, 9.17) is 4.74 Å². The summed E-state index contributed by atoms with van der Waals surface area (Å²) in [4.78, 5) is 2.61. The van der Waals surface area contributed by atoms with Gasteiger partial charge in [-0.15, -0.1) is 12.4 Å². The van der Waals surface area contributed by atoms with Gasteiger partial charge in [-0.3, -0.25) is 4.90 Å². The number of nitrogens with zero attached hydrogens (tertiary/aromatic N) is 1. The fraction of sp³-hybridized carbons (Fsp3) is 0.429. The van der Waals surface area contributed by atoms with E-state index in [2.05, 4.69) is 59.5 Å². The van der Waals surface area contributed by atoms with Crippen LogP contribution in [0.2, 0.25) is 0 Å². The average molecular weight is 344 g/mol. The summed E-state index contributed by atoms with van der Waals surface area (Å²) in [5, 5.41) is 0. The molecule has 24 heavy (non-hydrogen) atoms. The molecule has 1 saturated heterocycles. The van der Waals surface area contributed by atoms with Crippen molar-refractivity contribution in [3.63, 3.8) is 0 Å². The molecular formula is C21H26ClNO. The van der Waals surface area contributed by atoms with E-state index in [9.17, 15) is 0 Å². The van der Waals surface area contributed by atoms with Crippen molar-refractivity contribution in [3.05, 3.63) is 71.3 Å². The minimum Gasteiger partial charge on any atom is -0.379 e. The Morgan fingerprint density at radius 3 is 2.54 bits per heavy atom. The van der Waals surface area contributed by atoms with Gasteiger partial charge in [-0.25, -0.2) is 0 Å². The third-order valence-corrected chi connectivity index (χ3v) is 5.61. The molecular weight excluding hydrogens is 318 g/mol. The second kappa shape index (κ2) is 7.69. The zero-order valence-electron chi connectivity index (χ0n) is 14.2. The van der Waals surface area contributed by atoms with Crippen LogP contribution in [0.4, 0.5) is 0 Å². The molecule has 2 nitrogen and oxygen atoms in total. The fourth-order valence-electron chi connectivity index (χ4n) is 4.41. The van der Waals surface area contributed by atoms with Gasteiger partial charge in [0.05, 0.1) is 6.10 Å². The maximum atomic E-state index is 5.80. The molecule has 2 aromatic rings. The minimum absolute atomic E-state index is 0. The van der Waals surface area contributed by atoms with E-state index in [0.717, 1.165) is 13.1 Å². The number of hydrogen-bond donors (Lipinski definition) is 0. The van der Waals surface area contributed by atoms with Crippen LogP contribution in [0, 0.1) is 0 Å². The van der Waals surface area contributed by atoms with Crippen molar-refractivity contribution >= 4 is 12.4 Å². The van der Waals surface area contributed by atoms with E-state index < -0.39 is 0 Å². The Kier molecular flexibility index (Phi) is 5.60. The first-order chi connectivity index (χ1) is 11.3. The van der Waals surface area contributed by atoms with E-state index >= 15 is 0 Å². The predicted octanol–water partition coefficient (Wildman–Crippen LogP) is 4.25. The van der Waals surface area contributed by atoms with Gasteiger partial charge in [0.25, 0.3) is 0 Å². The Bertz CT molecular complexity index is 660. The summed E-state index contributed by atoms with van der Waals surface area (Å²) in [5.41, 5.74) is 4.54. The van der Waals surface area contributed by atoms with Crippen molar-refractivity contribution in [1.82, 2.24) is 4.90 Å². The number of rotatable bonds is 4. The number of hydrogen-bond acceptors (Lipinski definition) is 2. The van der Waals surface area contributed by atoms with Crippen LogP contribution in [0.1, 0.15) is 34.9 Å². The maximum absolute atomic E-state index is 5.80. The summed E-state index contributed by atoms with van der Waals surface area (Å²) in [7, 11) is 1.86. The first-order valence-corrected chi connectivity index (χ1v) is 8.73. The standard InChI is InChI=1S/C21H25NO.ClH/c1-23-21-15-22(14-20(21)16-7-3-2-4-8-16)13-18-12-11-17-9-5-6-10-19(17)18;/h2-10,18,20-21H,11-15H2,1H3;1H. The zero-order chi connectivity index (χ0) is 15.6. The number of methoxy groups -OCH3 is 1. The normalized spacial score (nSPS) is 26.1. The molecule has 1 aliphatic carbocycles. The molecule has 0 aromatic heterocycles. The summed E-state index contributed by atoms with van der Waals surface area (Å²) in [6.45, 7) is 3.33. The minimum atomic E-state index is 0. The van der Waals surface area contributed by atoms with Gasteiger partial charge < -0.3 is 4.74 Å². The molecule has 1 fully saturated rings. The maximum Gasteiger partial charge on any atom is 0.0778 e. The van der Waals surface area contributed by atoms with Crippen LogP contribution in [-0.4, -0.2) is 37.7 Å². The molecule has 4 rings (SSSR count). The third-order valence-electron chi connectivity index (χ3n) is 5.61. The van der Waals surface area contributed by atoms with Crippen LogP contribution in [0.25, 0.3) is 0 Å². The molecule has 0 amide bonds. The van der Waals surface area contributed by atoms with Gasteiger partial charge in [0.15, 0.2) is 0 Å². The lowest BCUT2D eigenvalue weighted by molar-refractivity contribution is 0.0966. The quantitative estimate of drug-likeness (QED) is 0.822. The highest BCUT2D eigenvalue weighted by Gasteiger charge is 2.35. The number of benzene rings is 2. The van der Waals surface area contributed by atoms with Crippen LogP contribution in [0.5, 0.6) is 0 Å². The smallest absolute Gasteiger partial charge is 0.0778 e. The Balaban J connectivity index is 0.00000169. The van der Waals surface area contributed by atoms with Crippen LogP contribution in [0.15, 0.2) is 54.6 Å². The van der Waals surface area contributed by atoms with Crippen molar-refractivity contribution in [2.24, 2.45) is 0 Å². The van der Waals surface area contributed by atoms with Crippen molar-refractivity contribution < 1.29 is 4.74 Å². The summed E-state index contributed by atoms with van der Waals surface area (Å²) in [6.07, 6.45) is 2.85. The lowest BCUT2D eigenvalue weighted by Crippen LogP contribution is -2.27. The van der Waals surface area contributed by atoms with Gasteiger partial charge in [0.2, 0.25) is 0 Å². The lowest BCUT2D eigenvalue weighted by Gasteiger charge is -2.21. The molecule has 2 aromatic carbocycles. The average Bonchev–Trinajstić information content (AvgIpc) is 3.20. The number of aryl methyl sites for hydroxylation is 1. The van der Waals surface area contributed by atoms with Crippen LogP contribution >= 0.6 is 12.4 Å². The zero-order valence-corrected chi connectivity index (χ0v) is 15.0. The highest BCUT2D eigenvalue weighted by atomic mass is 35.5. The summed E-state index contributed by atoms with van der Waals surface area (Å²) < 4.78 is 5.80. The predicted molar refractivity (Wildman–Crippen MR) is 101 cm³/mol. The molecule has 0 N–H and O–H groups in total. The van der Waals surface area contributed by atoms with Gasteiger partial charge >= 0.3 is 0 Å². The van der Waals surface area contributed by atoms with Crippen molar-refractivity contribution in [1.29, 1.82) is 0 Å². The molecule has 3 unspecified atom stereocenters. The van der Waals surface area contributed by atoms with Crippen LogP contribution in [0.3, 0.4) is 0 Å². The summed E-state index contributed by atoms with van der Waals surface area (Å²) >= 11 is 0. The van der Waals surface area contributed by atoms with E-state index in [1.54, 1.807) is 11.1 Å². The second-order valence-electron chi connectivity index (χ2n) is 6.94. The summed E-state index contributed by atoms with van der Waals surface area (Å²) in [6, 6.07) is 19.8. The molecule has 0 saturated carbocycles. The van der Waals surface area contributed by atoms with E-state index in [0.29, 0.717) is 17.9 Å². The first-order valence-electron chi connectivity index (χ1n) is 8.73. The number of fused-ring (bicyclic) bond motifs is 1. The molecule has 0 spiro atoms. The largest absolute Gasteiger partial charge is 0.379 e. The first kappa shape index (κ1) is 17.5. The number of ether oxygens (including phenoxy) is 1. The van der Waals surface area contributed by atoms with Crippen molar-refractivity contribution in [2.75, 3.05) is 26.7 Å².